The van der Waals surface area contributed by atoms with Crippen LogP contribution in [0.4, 0.5) is 9.18 Å². The molecule has 0 bridgehead atoms. The zero-order valence-corrected chi connectivity index (χ0v) is 11.3. The molecule has 2 aromatic carbocycles. The number of urea groups is 1. The number of carbonyl (C=O) groups is 2. The molecule has 104 valence electrons. The number of hydrogen-bond acceptors (Lipinski definition) is 2. The summed E-state index contributed by atoms with van der Waals surface area (Å²) < 4.78 is 13.7. The van der Waals surface area contributed by atoms with Gasteiger partial charge >= 0.3 is 6.03 Å². The molecule has 0 saturated carbocycles. The van der Waals surface area contributed by atoms with E-state index in [0.717, 1.165) is 5.56 Å². The normalized spacial score (nSPS) is 22.0. The van der Waals surface area contributed by atoms with E-state index in [9.17, 15) is 14.0 Å². The fourth-order valence-electron chi connectivity index (χ4n) is 3.10. The number of imide groups is 1. The number of nitrogens with one attached hydrogen (secondary N) is 2. The van der Waals surface area contributed by atoms with Crippen molar-refractivity contribution in [2.24, 2.45) is 0 Å². The highest BCUT2D eigenvalue weighted by molar-refractivity contribution is 6.31. The van der Waals surface area contributed by atoms with Gasteiger partial charge in [-0.3, -0.25) is 10.1 Å². The molecule has 21 heavy (non-hydrogen) atoms. The minimum Gasteiger partial charge on any atom is -0.316 e. The van der Waals surface area contributed by atoms with Gasteiger partial charge in [0.05, 0.1) is 0 Å². The highest BCUT2D eigenvalue weighted by Crippen LogP contribution is 2.49. The minimum absolute atomic E-state index is 0.420. The number of carbonyl (C=O) groups excluding carboxylic acids is 2. The molecule has 2 aliphatic rings. The Kier molecular flexibility index (Phi) is 2.25. The molecule has 1 spiro atoms. The third kappa shape index (κ3) is 1.44. The molecule has 0 aromatic heterocycles. The average molecular weight is 303 g/mol. The van der Waals surface area contributed by atoms with E-state index < -0.39 is 23.3 Å². The molecule has 1 aliphatic carbocycles. The summed E-state index contributed by atoms with van der Waals surface area (Å²) in [5.74, 6) is -0.999. The smallest absolute Gasteiger partial charge is 0.316 e. The van der Waals surface area contributed by atoms with Gasteiger partial charge in [-0.2, -0.15) is 0 Å². The maximum absolute atomic E-state index is 13.7. The second kappa shape index (κ2) is 3.83. The summed E-state index contributed by atoms with van der Waals surface area (Å²) in [6.07, 6.45) is 0. The molecule has 1 unspecified atom stereocenters. The molecule has 4 rings (SSSR count). The van der Waals surface area contributed by atoms with Crippen molar-refractivity contribution >= 4 is 23.5 Å². The van der Waals surface area contributed by atoms with Gasteiger partial charge in [-0.1, -0.05) is 23.7 Å². The summed E-state index contributed by atoms with van der Waals surface area (Å²) in [4.78, 5) is 24.0. The second-order valence-corrected chi connectivity index (χ2v) is 5.47. The van der Waals surface area contributed by atoms with Crippen LogP contribution in [0.15, 0.2) is 36.4 Å². The molecule has 3 amide bonds. The predicted molar refractivity (Wildman–Crippen MR) is 74.3 cm³/mol. The molecular formula is C15H8ClFN2O2. The lowest BCUT2D eigenvalue weighted by Gasteiger charge is -2.23. The van der Waals surface area contributed by atoms with Gasteiger partial charge in [0.15, 0.2) is 5.54 Å². The first-order chi connectivity index (χ1) is 10.0. The monoisotopic (exact) mass is 302 g/mol. The molecule has 1 aliphatic heterocycles. The number of rotatable bonds is 0. The summed E-state index contributed by atoms with van der Waals surface area (Å²) in [5, 5.41) is 5.28. The van der Waals surface area contributed by atoms with Gasteiger partial charge in [0.2, 0.25) is 0 Å². The third-order valence-corrected chi connectivity index (χ3v) is 4.17. The van der Waals surface area contributed by atoms with Crippen LogP contribution in [0.1, 0.15) is 11.1 Å². The molecule has 1 heterocycles. The van der Waals surface area contributed by atoms with E-state index in [1.165, 1.54) is 12.1 Å². The van der Waals surface area contributed by atoms with E-state index in [1.54, 1.807) is 24.3 Å². The van der Waals surface area contributed by atoms with Crippen LogP contribution >= 0.6 is 11.6 Å². The Bertz CT molecular complexity index is 783. The summed E-state index contributed by atoms with van der Waals surface area (Å²) in [5.41, 5.74) is 1.03. The van der Waals surface area contributed by atoms with Crippen molar-refractivity contribution in [1.82, 2.24) is 10.6 Å². The standard InChI is InChI=1S/C15H8ClFN2O2/c16-7-1-3-9-10-4-2-8(17)6-12(10)15(11(9)5-7)13(20)18-14(21)19-15/h1-6H,(H2,18,19,20,21). The maximum atomic E-state index is 13.7. The first-order valence-electron chi connectivity index (χ1n) is 6.26. The van der Waals surface area contributed by atoms with Crippen LogP contribution in [-0.4, -0.2) is 11.9 Å². The molecule has 1 atom stereocenters. The molecule has 2 aromatic rings. The quantitative estimate of drug-likeness (QED) is 0.735. The molecule has 4 nitrogen and oxygen atoms in total. The SMILES string of the molecule is O=C1NC(=O)C2(N1)c1cc(F)ccc1-c1ccc(Cl)cc12. The molecule has 2 N–H and O–H groups in total. The van der Waals surface area contributed by atoms with Crippen molar-refractivity contribution in [2.75, 3.05) is 0 Å². The minimum atomic E-state index is -1.41. The Morgan fingerprint density at radius 2 is 1.67 bits per heavy atom. The lowest BCUT2D eigenvalue weighted by Crippen LogP contribution is -2.43. The number of hydrogen-bond donors (Lipinski definition) is 2. The number of fused-ring (bicyclic) bond motifs is 5. The van der Waals surface area contributed by atoms with Crippen LogP contribution in [0.5, 0.6) is 0 Å². The van der Waals surface area contributed by atoms with E-state index in [2.05, 4.69) is 10.6 Å². The van der Waals surface area contributed by atoms with Crippen LogP contribution in [0.2, 0.25) is 5.02 Å². The Morgan fingerprint density at radius 1 is 1.00 bits per heavy atom. The zero-order valence-electron chi connectivity index (χ0n) is 10.5. The van der Waals surface area contributed by atoms with Gasteiger partial charge in [-0.25, -0.2) is 9.18 Å². The number of amides is 3. The lowest BCUT2D eigenvalue weighted by atomic mass is 9.87. The maximum Gasteiger partial charge on any atom is 0.322 e. The largest absolute Gasteiger partial charge is 0.322 e. The summed E-state index contributed by atoms with van der Waals surface area (Å²) in [6, 6.07) is 8.67. The first kappa shape index (κ1) is 12.3. The van der Waals surface area contributed by atoms with Crippen LogP contribution in [0.25, 0.3) is 11.1 Å². The van der Waals surface area contributed by atoms with E-state index in [0.29, 0.717) is 21.7 Å². The first-order valence-corrected chi connectivity index (χ1v) is 6.64. The molecule has 1 fully saturated rings. The van der Waals surface area contributed by atoms with Crippen molar-refractivity contribution < 1.29 is 14.0 Å². The van der Waals surface area contributed by atoms with Crippen molar-refractivity contribution in [2.45, 2.75) is 5.54 Å². The molecular weight excluding hydrogens is 295 g/mol. The Morgan fingerprint density at radius 3 is 2.33 bits per heavy atom. The van der Waals surface area contributed by atoms with Crippen molar-refractivity contribution in [1.29, 1.82) is 0 Å². The Balaban J connectivity index is 2.12. The summed E-state index contributed by atoms with van der Waals surface area (Å²) >= 11 is 6.02. The van der Waals surface area contributed by atoms with Crippen molar-refractivity contribution in [3.63, 3.8) is 0 Å². The summed E-state index contributed by atoms with van der Waals surface area (Å²) in [7, 11) is 0. The van der Waals surface area contributed by atoms with Gasteiger partial charge in [-0.05, 0) is 35.4 Å². The van der Waals surface area contributed by atoms with Crippen LogP contribution < -0.4 is 10.6 Å². The highest BCUT2D eigenvalue weighted by Gasteiger charge is 2.55. The highest BCUT2D eigenvalue weighted by atomic mass is 35.5. The van der Waals surface area contributed by atoms with E-state index in [1.807, 2.05) is 0 Å². The van der Waals surface area contributed by atoms with Gasteiger partial charge in [0.25, 0.3) is 5.91 Å². The second-order valence-electron chi connectivity index (χ2n) is 5.04. The number of benzene rings is 2. The zero-order chi connectivity index (χ0) is 14.8. The Labute approximate surface area is 123 Å². The predicted octanol–water partition coefficient (Wildman–Crippen LogP) is 2.54. The van der Waals surface area contributed by atoms with Gasteiger partial charge in [0.1, 0.15) is 5.82 Å². The van der Waals surface area contributed by atoms with Crippen molar-refractivity contribution in [3.05, 3.63) is 58.4 Å². The fourth-order valence-corrected chi connectivity index (χ4v) is 3.27. The number of halogens is 2. The van der Waals surface area contributed by atoms with Crippen LogP contribution in [0.3, 0.4) is 0 Å². The van der Waals surface area contributed by atoms with Crippen molar-refractivity contribution in [3.8, 4) is 11.1 Å². The lowest BCUT2D eigenvalue weighted by molar-refractivity contribution is -0.122. The van der Waals surface area contributed by atoms with Crippen LogP contribution in [-0.2, 0) is 10.3 Å². The van der Waals surface area contributed by atoms with E-state index in [4.69, 9.17) is 11.6 Å². The molecule has 0 radical (unpaired) electrons. The van der Waals surface area contributed by atoms with Crippen LogP contribution in [0, 0.1) is 5.82 Å². The molecule has 1 saturated heterocycles. The summed E-state index contributed by atoms with van der Waals surface area (Å²) in [6.45, 7) is 0. The van der Waals surface area contributed by atoms with Gasteiger partial charge < -0.3 is 5.32 Å². The van der Waals surface area contributed by atoms with E-state index >= 15 is 0 Å². The third-order valence-electron chi connectivity index (χ3n) is 3.93. The molecule has 6 heteroatoms. The van der Waals surface area contributed by atoms with Gasteiger partial charge in [-0.15, -0.1) is 0 Å². The van der Waals surface area contributed by atoms with Gasteiger partial charge in [0, 0.05) is 16.1 Å². The fraction of sp³-hybridized carbons (Fsp3) is 0.0667. The Hall–Kier alpha value is -2.40. The topological polar surface area (TPSA) is 58.2 Å². The average Bonchev–Trinajstić information content (AvgIpc) is 2.87. The van der Waals surface area contributed by atoms with E-state index in [-0.39, 0.29) is 0 Å².